The maximum Gasteiger partial charge on any atom is 0.0489 e. The van der Waals surface area contributed by atoms with Crippen LogP contribution in [0.2, 0.25) is 0 Å². The first-order valence-electron chi connectivity index (χ1n) is 8.88. The van der Waals surface area contributed by atoms with Crippen LogP contribution in [0.3, 0.4) is 0 Å². The van der Waals surface area contributed by atoms with Crippen molar-refractivity contribution in [1.29, 1.82) is 0 Å². The Morgan fingerprint density at radius 1 is 1.10 bits per heavy atom. The van der Waals surface area contributed by atoms with E-state index in [4.69, 9.17) is 0 Å². The fourth-order valence-electron chi connectivity index (χ4n) is 3.33. The zero-order valence-electron chi connectivity index (χ0n) is 14.9. The molecule has 0 bridgehead atoms. The summed E-state index contributed by atoms with van der Waals surface area (Å²) in [5.41, 5.74) is 1.54. The van der Waals surface area contributed by atoms with Crippen molar-refractivity contribution in [2.45, 2.75) is 80.2 Å². The summed E-state index contributed by atoms with van der Waals surface area (Å²) in [5, 5.41) is 3.78. The quantitative estimate of drug-likeness (QED) is 0.577. The molecule has 1 aliphatic heterocycles. The maximum atomic E-state index is 3.78. The van der Waals surface area contributed by atoms with E-state index in [-0.39, 0.29) is 0 Å². The Labute approximate surface area is 127 Å². The van der Waals surface area contributed by atoms with Crippen LogP contribution in [-0.4, -0.2) is 6.04 Å². The van der Waals surface area contributed by atoms with Gasteiger partial charge >= 0.3 is 0 Å². The minimum absolute atomic E-state index is 0.611. The average molecular weight is 280 g/mol. The molecular formula is C19H37N. The van der Waals surface area contributed by atoms with E-state index < -0.39 is 0 Å². The smallest absolute Gasteiger partial charge is 0.0489 e. The number of nitrogens with one attached hydrogen (secondary N) is 1. The minimum atomic E-state index is 0.611. The van der Waals surface area contributed by atoms with E-state index in [0.29, 0.717) is 6.04 Å². The molecule has 118 valence electrons. The molecule has 1 heteroatoms. The summed E-state index contributed by atoms with van der Waals surface area (Å²) in [5.74, 6) is 3.91. The molecule has 1 heterocycles. The van der Waals surface area contributed by atoms with Crippen molar-refractivity contribution < 1.29 is 0 Å². The van der Waals surface area contributed by atoms with E-state index in [9.17, 15) is 0 Å². The van der Waals surface area contributed by atoms with Gasteiger partial charge < -0.3 is 5.32 Å². The Morgan fingerprint density at radius 3 is 2.15 bits per heavy atom. The largest absolute Gasteiger partial charge is 0.382 e. The molecule has 5 atom stereocenters. The number of hydrogen-bond acceptors (Lipinski definition) is 1. The van der Waals surface area contributed by atoms with Crippen LogP contribution in [0.1, 0.15) is 74.1 Å². The molecule has 0 aromatic carbocycles. The summed E-state index contributed by atoms with van der Waals surface area (Å²) >= 11 is 0. The summed E-state index contributed by atoms with van der Waals surface area (Å²) in [4.78, 5) is 0. The predicted octanol–water partition coefficient (Wildman–Crippen LogP) is 5.62. The van der Waals surface area contributed by atoms with Crippen LogP contribution in [-0.2, 0) is 0 Å². The highest BCUT2D eigenvalue weighted by Gasteiger charge is 2.32. The van der Waals surface area contributed by atoms with Crippen LogP contribution >= 0.6 is 0 Å². The van der Waals surface area contributed by atoms with E-state index >= 15 is 0 Å². The maximum absolute atomic E-state index is 3.78. The zero-order chi connectivity index (χ0) is 15.3. The van der Waals surface area contributed by atoms with Crippen LogP contribution in [0, 0.1) is 29.6 Å². The van der Waals surface area contributed by atoms with Gasteiger partial charge in [0.1, 0.15) is 0 Å². The Bertz CT molecular complexity index is 305. The van der Waals surface area contributed by atoms with Crippen LogP contribution in [0.5, 0.6) is 0 Å². The van der Waals surface area contributed by atoms with Crippen molar-refractivity contribution in [2.75, 3.05) is 0 Å². The summed E-state index contributed by atoms with van der Waals surface area (Å²) < 4.78 is 0. The van der Waals surface area contributed by atoms with Gasteiger partial charge in [-0.1, -0.05) is 61.3 Å². The highest BCUT2D eigenvalue weighted by molar-refractivity contribution is 5.22. The Morgan fingerprint density at radius 2 is 1.70 bits per heavy atom. The minimum Gasteiger partial charge on any atom is -0.382 e. The van der Waals surface area contributed by atoms with Gasteiger partial charge in [-0.2, -0.15) is 0 Å². The summed E-state index contributed by atoms with van der Waals surface area (Å²) in [6.45, 7) is 16.5. The first-order chi connectivity index (χ1) is 9.40. The van der Waals surface area contributed by atoms with Crippen LogP contribution in [0.25, 0.3) is 0 Å². The van der Waals surface area contributed by atoms with Crippen molar-refractivity contribution in [3.05, 3.63) is 11.8 Å². The third-order valence-electron chi connectivity index (χ3n) is 5.47. The van der Waals surface area contributed by atoms with E-state index in [1.807, 2.05) is 0 Å². The van der Waals surface area contributed by atoms with Crippen molar-refractivity contribution in [3.8, 4) is 0 Å². The fraction of sp³-hybridized carbons (Fsp3) is 0.895. The van der Waals surface area contributed by atoms with Crippen LogP contribution in [0.4, 0.5) is 0 Å². The molecule has 0 amide bonds. The molecule has 0 spiro atoms. The van der Waals surface area contributed by atoms with Gasteiger partial charge in [-0.05, 0) is 42.6 Å². The lowest BCUT2D eigenvalue weighted by Crippen LogP contribution is -2.46. The first kappa shape index (κ1) is 17.6. The van der Waals surface area contributed by atoms with Crippen molar-refractivity contribution in [1.82, 2.24) is 5.32 Å². The third-order valence-corrected chi connectivity index (χ3v) is 5.47. The van der Waals surface area contributed by atoms with Crippen LogP contribution < -0.4 is 5.32 Å². The zero-order valence-corrected chi connectivity index (χ0v) is 14.9. The second kappa shape index (κ2) is 8.10. The molecule has 0 saturated carbocycles. The van der Waals surface area contributed by atoms with E-state index in [0.717, 1.165) is 29.6 Å². The SMILES string of the molecule is CCCC(C1=CC(C(C)C(C)C)N1)C(C)CC(C)CC. The number of rotatable bonds is 9. The molecule has 5 unspecified atom stereocenters. The Kier molecular flexibility index (Phi) is 7.12. The molecule has 1 rings (SSSR count). The first-order valence-corrected chi connectivity index (χ1v) is 8.88. The Hall–Kier alpha value is -0.460. The topological polar surface area (TPSA) is 12.0 Å². The van der Waals surface area contributed by atoms with Crippen LogP contribution in [0.15, 0.2) is 11.8 Å². The predicted molar refractivity (Wildman–Crippen MR) is 90.6 cm³/mol. The normalized spacial score (nSPS) is 24.4. The van der Waals surface area contributed by atoms with Crippen molar-refractivity contribution >= 4 is 0 Å². The molecule has 0 saturated heterocycles. The molecular weight excluding hydrogens is 242 g/mol. The van der Waals surface area contributed by atoms with Gasteiger partial charge in [0.15, 0.2) is 0 Å². The van der Waals surface area contributed by atoms with E-state index in [1.54, 1.807) is 5.70 Å². The molecule has 20 heavy (non-hydrogen) atoms. The molecule has 0 aromatic heterocycles. The second-order valence-corrected chi connectivity index (χ2v) is 7.52. The Balaban J connectivity index is 2.62. The molecule has 0 radical (unpaired) electrons. The van der Waals surface area contributed by atoms with E-state index in [2.05, 4.69) is 59.9 Å². The molecule has 1 nitrogen and oxygen atoms in total. The lowest BCUT2D eigenvalue weighted by atomic mass is 9.76. The lowest BCUT2D eigenvalue weighted by molar-refractivity contribution is 0.258. The monoisotopic (exact) mass is 279 g/mol. The second-order valence-electron chi connectivity index (χ2n) is 7.52. The highest BCUT2D eigenvalue weighted by atomic mass is 15.0. The van der Waals surface area contributed by atoms with Gasteiger partial charge in [0.2, 0.25) is 0 Å². The molecule has 1 aliphatic rings. The summed E-state index contributed by atoms with van der Waals surface area (Å²) in [6.07, 6.45) is 7.82. The summed E-state index contributed by atoms with van der Waals surface area (Å²) in [6, 6.07) is 0.611. The van der Waals surface area contributed by atoms with Gasteiger partial charge in [-0.25, -0.2) is 0 Å². The van der Waals surface area contributed by atoms with Gasteiger partial charge in [0.05, 0.1) is 0 Å². The van der Waals surface area contributed by atoms with Gasteiger partial charge in [0, 0.05) is 17.7 Å². The third kappa shape index (κ3) is 4.53. The number of allylic oxidation sites excluding steroid dienone is 1. The van der Waals surface area contributed by atoms with Gasteiger partial charge in [-0.3, -0.25) is 0 Å². The molecule has 0 fully saturated rings. The van der Waals surface area contributed by atoms with Gasteiger partial charge in [0.25, 0.3) is 0 Å². The fourth-order valence-corrected chi connectivity index (χ4v) is 3.33. The standard InChI is InChI=1S/C19H37N/c1-8-10-17(15(6)11-14(5)9-2)19-12-18(20-19)16(7)13(3)4/h12-18,20H,8-11H2,1-7H3. The lowest BCUT2D eigenvalue weighted by Gasteiger charge is -2.40. The van der Waals surface area contributed by atoms with Crippen molar-refractivity contribution in [3.63, 3.8) is 0 Å². The van der Waals surface area contributed by atoms with E-state index in [1.165, 1.54) is 25.7 Å². The number of hydrogen-bond donors (Lipinski definition) is 1. The average Bonchev–Trinajstić information content (AvgIpc) is 2.35. The van der Waals surface area contributed by atoms with Crippen molar-refractivity contribution in [2.24, 2.45) is 29.6 Å². The summed E-state index contributed by atoms with van der Waals surface area (Å²) in [7, 11) is 0. The molecule has 1 N–H and O–H groups in total. The molecule has 0 aliphatic carbocycles. The van der Waals surface area contributed by atoms with Gasteiger partial charge in [-0.15, -0.1) is 0 Å². The molecule has 0 aromatic rings. The highest BCUT2D eigenvalue weighted by Crippen LogP contribution is 2.35.